The van der Waals surface area contributed by atoms with Gasteiger partial charge in [-0.05, 0) is 56.2 Å². The summed E-state index contributed by atoms with van der Waals surface area (Å²) < 4.78 is 2.26. The molecular formula is C25H38Cl4N8. The Hall–Kier alpha value is -1.55. The van der Waals surface area contributed by atoms with Gasteiger partial charge in [0.05, 0.1) is 6.33 Å². The number of aromatic nitrogens is 4. The summed E-state index contributed by atoms with van der Waals surface area (Å²) in [5.41, 5.74) is 9.04. The molecule has 2 heterocycles. The molecule has 2 aliphatic carbocycles. The lowest BCUT2D eigenvalue weighted by Gasteiger charge is -2.27. The Morgan fingerprint density at radius 3 is 2.46 bits per heavy atom. The van der Waals surface area contributed by atoms with E-state index in [1.54, 1.807) is 0 Å². The molecular weight excluding hydrogens is 554 g/mol. The molecule has 2 aliphatic rings. The largest absolute Gasteiger partial charge is 0.367 e. The molecule has 0 spiro atoms. The fourth-order valence-electron chi connectivity index (χ4n) is 5.15. The van der Waals surface area contributed by atoms with Gasteiger partial charge in [0.1, 0.15) is 0 Å². The van der Waals surface area contributed by atoms with E-state index in [9.17, 15) is 0 Å². The third-order valence-electron chi connectivity index (χ3n) is 7.06. The van der Waals surface area contributed by atoms with Gasteiger partial charge >= 0.3 is 0 Å². The summed E-state index contributed by atoms with van der Waals surface area (Å²) in [5.74, 6) is 1.48. The molecule has 1 aromatic carbocycles. The van der Waals surface area contributed by atoms with Crippen LogP contribution in [0.1, 0.15) is 63.0 Å². The molecule has 2 fully saturated rings. The Bertz CT molecular complexity index is 1100. The Morgan fingerprint density at radius 1 is 0.973 bits per heavy atom. The first-order valence-corrected chi connectivity index (χ1v) is 13.0. The van der Waals surface area contributed by atoms with Gasteiger partial charge in [-0.15, -0.1) is 37.2 Å². The van der Waals surface area contributed by atoms with Gasteiger partial charge in [0.25, 0.3) is 0 Å². The van der Waals surface area contributed by atoms with E-state index < -0.39 is 0 Å². The first kappa shape index (κ1) is 31.7. The van der Waals surface area contributed by atoms with Gasteiger partial charge < -0.3 is 26.3 Å². The zero-order valence-corrected chi connectivity index (χ0v) is 24.1. The van der Waals surface area contributed by atoms with Crippen molar-refractivity contribution in [3.8, 4) is 0 Å². The van der Waals surface area contributed by atoms with Crippen molar-refractivity contribution in [2.24, 2.45) is 5.73 Å². The number of fused-ring (bicyclic) bond motifs is 1. The van der Waals surface area contributed by atoms with Gasteiger partial charge in [0.2, 0.25) is 5.95 Å². The maximum atomic E-state index is 6.10. The van der Waals surface area contributed by atoms with Gasteiger partial charge in [0.15, 0.2) is 17.0 Å². The highest BCUT2D eigenvalue weighted by atomic mass is 35.5. The van der Waals surface area contributed by atoms with Crippen molar-refractivity contribution < 1.29 is 0 Å². The molecule has 0 saturated heterocycles. The number of halogens is 4. The molecule has 5 rings (SSSR count). The number of anilines is 2. The summed E-state index contributed by atoms with van der Waals surface area (Å²) in [7, 11) is 0. The molecule has 0 radical (unpaired) electrons. The lowest BCUT2D eigenvalue weighted by atomic mass is 9.92. The smallest absolute Gasteiger partial charge is 0.227 e. The second kappa shape index (κ2) is 15.1. The van der Waals surface area contributed by atoms with Crippen LogP contribution in [0.4, 0.5) is 11.8 Å². The van der Waals surface area contributed by atoms with E-state index in [-0.39, 0.29) is 37.2 Å². The SMILES string of the molecule is Cl.Cl.Cl.NC1CCC(Nc2nc(NCCNCc3cccc(Cl)c3)c3ncn(C4CCCC4)c3n2)CC1. The Balaban J connectivity index is 0.00000160. The fraction of sp³-hybridized carbons (Fsp3) is 0.560. The minimum Gasteiger partial charge on any atom is -0.367 e. The van der Waals surface area contributed by atoms with Crippen molar-refractivity contribution in [1.29, 1.82) is 0 Å². The predicted octanol–water partition coefficient (Wildman–Crippen LogP) is 5.74. The van der Waals surface area contributed by atoms with Gasteiger partial charge in [-0.25, -0.2) is 4.98 Å². The highest BCUT2D eigenvalue weighted by Gasteiger charge is 2.23. The van der Waals surface area contributed by atoms with Crippen molar-refractivity contribution in [1.82, 2.24) is 24.8 Å². The quantitative estimate of drug-likeness (QED) is 0.235. The van der Waals surface area contributed by atoms with Crippen LogP contribution in [0.3, 0.4) is 0 Å². The van der Waals surface area contributed by atoms with Crippen molar-refractivity contribution in [2.75, 3.05) is 23.7 Å². The lowest BCUT2D eigenvalue weighted by molar-refractivity contribution is 0.410. The Kier molecular flexibility index (Phi) is 13.0. The molecule has 0 aliphatic heterocycles. The second-order valence-corrected chi connectivity index (χ2v) is 10.1. The summed E-state index contributed by atoms with van der Waals surface area (Å²) in [6.45, 7) is 2.31. The van der Waals surface area contributed by atoms with Crippen LogP contribution in [0.15, 0.2) is 30.6 Å². The molecule has 37 heavy (non-hydrogen) atoms. The Labute approximate surface area is 242 Å². The molecule has 5 N–H and O–H groups in total. The summed E-state index contributed by atoms with van der Waals surface area (Å²) in [6.07, 6.45) is 11.1. The number of nitrogens with two attached hydrogens (primary N) is 1. The molecule has 12 heteroatoms. The predicted molar refractivity (Wildman–Crippen MR) is 160 cm³/mol. The number of rotatable bonds is 9. The van der Waals surface area contributed by atoms with E-state index in [1.807, 2.05) is 24.5 Å². The average molecular weight is 592 g/mol. The highest BCUT2D eigenvalue weighted by Crippen LogP contribution is 2.33. The molecule has 2 saturated carbocycles. The zero-order chi connectivity index (χ0) is 23.3. The standard InChI is InChI=1S/C25H35ClN8.3ClH/c26-18-5-3-4-17(14-18)15-28-12-13-29-23-22-24(34(16-30-22)21-6-1-2-7-21)33-25(32-23)31-20-10-8-19(27)9-11-20;;;/h3-5,14,16,19-21,28H,1-2,6-13,15,27H2,(H2,29,31,32,33);3*1H. The van der Waals surface area contributed by atoms with Crippen molar-refractivity contribution in [3.63, 3.8) is 0 Å². The van der Waals surface area contributed by atoms with Crippen LogP contribution in [-0.2, 0) is 6.54 Å². The molecule has 0 atom stereocenters. The van der Waals surface area contributed by atoms with Crippen LogP contribution < -0.4 is 21.7 Å². The monoisotopic (exact) mass is 590 g/mol. The van der Waals surface area contributed by atoms with E-state index in [2.05, 4.69) is 26.6 Å². The third kappa shape index (κ3) is 8.22. The number of nitrogens with zero attached hydrogens (tertiary/aromatic N) is 4. The summed E-state index contributed by atoms with van der Waals surface area (Å²) >= 11 is 6.09. The number of benzene rings is 1. The molecule has 8 nitrogen and oxygen atoms in total. The summed E-state index contributed by atoms with van der Waals surface area (Å²) in [4.78, 5) is 14.5. The van der Waals surface area contributed by atoms with Gasteiger partial charge in [-0.2, -0.15) is 9.97 Å². The van der Waals surface area contributed by atoms with E-state index >= 15 is 0 Å². The van der Waals surface area contributed by atoms with Crippen molar-refractivity contribution >= 4 is 71.8 Å². The summed E-state index contributed by atoms with van der Waals surface area (Å²) in [6, 6.07) is 9.10. The van der Waals surface area contributed by atoms with Gasteiger partial charge in [-0.1, -0.05) is 36.6 Å². The number of hydrogen-bond acceptors (Lipinski definition) is 7. The minimum atomic E-state index is 0. The van der Waals surface area contributed by atoms with Crippen LogP contribution in [0.2, 0.25) is 5.02 Å². The number of nitrogens with one attached hydrogen (secondary N) is 3. The Morgan fingerprint density at radius 2 is 1.73 bits per heavy atom. The van der Waals surface area contributed by atoms with Crippen LogP contribution in [0.5, 0.6) is 0 Å². The topological polar surface area (TPSA) is 106 Å². The van der Waals surface area contributed by atoms with E-state index in [0.717, 1.165) is 67.3 Å². The highest BCUT2D eigenvalue weighted by molar-refractivity contribution is 6.30. The molecule has 3 aromatic rings. The molecule has 2 aromatic heterocycles. The normalized spacial score (nSPS) is 19.5. The molecule has 0 amide bonds. The summed E-state index contributed by atoms with van der Waals surface area (Å²) in [5, 5.41) is 11.3. The van der Waals surface area contributed by atoms with Crippen molar-refractivity contribution in [2.45, 2.75) is 76.0 Å². The first-order chi connectivity index (χ1) is 16.7. The zero-order valence-electron chi connectivity index (χ0n) is 20.9. The lowest BCUT2D eigenvalue weighted by Crippen LogP contribution is -2.33. The first-order valence-electron chi connectivity index (χ1n) is 12.6. The number of hydrogen-bond donors (Lipinski definition) is 4. The molecule has 0 bridgehead atoms. The van der Waals surface area contributed by atoms with Crippen LogP contribution in [0.25, 0.3) is 11.2 Å². The van der Waals surface area contributed by atoms with E-state index in [0.29, 0.717) is 24.1 Å². The third-order valence-corrected chi connectivity index (χ3v) is 7.29. The average Bonchev–Trinajstić information content (AvgIpc) is 3.50. The fourth-order valence-corrected chi connectivity index (χ4v) is 5.36. The molecule has 0 unspecified atom stereocenters. The molecule has 206 valence electrons. The van der Waals surface area contributed by atoms with Crippen molar-refractivity contribution in [3.05, 3.63) is 41.2 Å². The maximum absolute atomic E-state index is 6.10. The van der Waals surface area contributed by atoms with Gasteiger partial charge in [0, 0.05) is 42.8 Å². The maximum Gasteiger partial charge on any atom is 0.227 e. The van der Waals surface area contributed by atoms with E-state index in [1.165, 1.54) is 31.2 Å². The number of imidazole rings is 1. The van der Waals surface area contributed by atoms with E-state index in [4.69, 9.17) is 32.3 Å². The second-order valence-electron chi connectivity index (χ2n) is 9.65. The van der Waals surface area contributed by atoms with Crippen LogP contribution in [0, 0.1) is 0 Å². The van der Waals surface area contributed by atoms with Crippen LogP contribution in [-0.4, -0.2) is 44.7 Å². The van der Waals surface area contributed by atoms with Gasteiger partial charge in [-0.3, -0.25) is 0 Å². The minimum absolute atomic E-state index is 0. The van der Waals surface area contributed by atoms with Crippen LogP contribution >= 0.6 is 48.8 Å².